The van der Waals surface area contributed by atoms with Gasteiger partial charge in [-0.1, -0.05) is 0 Å². The number of hydrogen-bond acceptors (Lipinski definition) is 6. The predicted octanol–water partition coefficient (Wildman–Crippen LogP) is 2.14. The zero-order valence-electron chi connectivity index (χ0n) is 18.4. The van der Waals surface area contributed by atoms with Crippen LogP contribution in [-0.4, -0.2) is 83.9 Å². The Morgan fingerprint density at radius 1 is 1.33 bits per heavy atom. The average Bonchev–Trinajstić information content (AvgIpc) is 3.10. The summed E-state index contributed by atoms with van der Waals surface area (Å²) < 4.78 is 11.0. The molecule has 0 bridgehead atoms. The second-order valence-corrected chi connectivity index (χ2v) is 8.45. The lowest BCUT2D eigenvalue weighted by atomic mass is 10.1. The molecule has 1 fully saturated rings. The topological polar surface area (TPSA) is 104 Å². The van der Waals surface area contributed by atoms with Crippen LogP contribution >= 0.6 is 0 Å². The first kappa shape index (κ1) is 23.9. The number of nitrogens with zero attached hydrogens (tertiary/aromatic N) is 3. The summed E-state index contributed by atoms with van der Waals surface area (Å²) in [7, 11) is 2.12. The molecule has 2 N–H and O–H groups in total. The summed E-state index contributed by atoms with van der Waals surface area (Å²) in [6.07, 6.45) is 4.85. The largest absolute Gasteiger partial charge is 0.490 e. The molecule has 9 nitrogen and oxygen atoms in total. The number of nitrogens with one attached hydrogen (secondary N) is 1. The molecule has 2 amide bonds. The summed E-state index contributed by atoms with van der Waals surface area (Å²) >= 11 is 0. The van der Waals surface area contributed by atoms with Crippen molar-refractivity contribution < 1.29 is 24.2 Å². The fraction of sp³-hybridized carbons (Fsp3) is 0.667. The smallest absolute Gasteiger partial charge is 0.407 e. The Bertz CT molecular complexity index is 707. The van der Waals surface area contributed by atoms with E-state index in [2.05, 4.69) is 22.2 Å². The first-order chi connectivity index (χ1) is 14.2. The van der Waals surface area contributed by atoms with E-state index < -0.39 is 11.6 Å². The van der Waals surface area contributed by atoms with E-state index >= 15 is 0 Å². The summed E-state index contributed by atoms with van der Waals surface area (Å²) in [4.78, 5) is 31.0. The molecule has 0 radical (unpaired) electrons. The molecular formula is C21H34N4O5. The highest BCUT2D eigenvalue weighted by Crippen LogP contribution is 2.31. The molecule has 1 aliphatic heterocycles. The summed E-state index contributed by atoms with van der Waals surface area (Å²) in [6.45, 7) is 7.43. The highest BCUT2D eigenvalue weighted by atomic mass is 16.5. The lowest BCUT2D eigenvalue weighted by Crippen LogP contribution is -2.46. The van der Waals surface area contributed by atoms with Crippen molar-refractivity contribution in [3.63, 3.8) is 0 Å². The summed E-state index contributed by atoms with van der Waals surface area (Å²) in [5.41, 5.74) is 0.629. The van der Waals surface area contributed by atoms with Gasteiger partial charge >= 0.3 is 6.09 Å². The zero-order valence-corrected chi connectivity index (χ0v) is 18.4. The Morgan fingerprint density at radius 3 is 2.73 bits per heavy atom. The molecule has 0 spiro atoms. The molecule has 0 saturated carbocycles. The van der Waals surface area contributed by atoms with Crippen molar-refractivity contribution in [2.45, 2.75) is 45.2 Å². The maximum atomic E-state index is 11.9. The van der Waals surface area contributed by atoms with Gasteiger partial charge in [0.25, 0.3) is 0 Å². The van der Waals surface area contributed by atoms with Gasteiger partial charge in [0.2, 0.25) is 5.91 Å². The molecule has 1 aromatic rings. The highest BCUT2D eigenvalue weighted by molar-refractivity contribution is 5.77. The number of pyridine rings is 1. The number of carboxylic acid groups (broad SMARTS) is 1. The standard InChI is InChI=1S/C21H34N4O5/c1-21(2,3)25(20(27)28)9-11-29-15-19(26)23-7-10-30-17-12-16(13-22-14-17)18-6-5-8-24(18)4/h12-14,18H,5-11,15H2,1-4H3,(H,23,26)(H,27,28)/t18-/m0/s1. The van der Waals surface area contributed by atoms with Gasteiger partial charge in [0.1, 0.15) is 19.0 Å². The van der Waals surface area contributed by atoms with E-state index in [1.807, 2.05) is 33.0 Å². The van der Waals surface area contributed by atoms with Crippen LogP contribution in [0.1, 0.15) is 45.2 Å². The number of aromatic nitrogens is 1. The number of amides is 2. The van der Waals surface area contributed by atoms with Gasteiger partial charge in [0.15, 0.2) is 0 Å². The van der Waals surface area contributed by atoms with Gasteiger partial charge in [0, 0.05) is 24.3 Å². The Morgan fingerprint density at radius 2 is 2.10 bits per heavy atom. The van der Waals surface area contributed by atoms with Crippen molar-refractivity contribution in [3.8, 4) is 5.75 Å². The molecule has 2 heterocycles. The normalized spacial score (nSPS) is 17.0. The van der Waals surface area contributed by atoms with Gasteiger partial charge in [-0.15, -0.1) is 0 Å². The lowest BCUT2D eigenvalue weighted by Gasteiger charge is -2.32. The number of carbonyl (C=O) groups is 2. The second kappa shape index (κ2) is 11.1. The molecule has 1 aliphatic rings. The van der Waals surface area contributed by atoms with Gasteiger partial charge in [-0.3, -0.25) is 14.7 Å². The minimum atomic E-state index is -1.01. The van der Waals surface area contributed by atoms with Gasteiger partial charge < -0.3 is 24.8 Å². The van der Waals surface area contributed by atoms with Crippen LogP contribution in [0.2, 0.25) is 0 Å². The molecule has 168 valence electrons. The van der Waals surface area contributed by atoms with Crippen LogP contribution in [0, 0.1) is 0 Å². The van der Waals surface area contributed by atoms with E-state index in [1.165, 1.54) is 11.3 Å². The molecular weight excluding hydrogens is 388 g/mol. The molecule has 0 aromatic carbocycles. The molecule has 9 heteroatoms. The van der Waals surface area contributed by atoms with Gasteiger partial charge in [-0.2, -0.15) is 0 Å². The third kappa shape index (κ3) is 7.46. The number of hydrogen-bond donors (Lipinski definition) is 2. The molecule has 1 aromatic heterocycles. The van der Waals surface area contributed by atoms with Crippen LogP contribution in [0.15, 0.2) is 18.5 Å². The zero-order chi connectivity index (χ0) is 22.1. The number of ether oxygens (including phenoxy) is 2. The maximum Gasteiger partial charge on any atom is 0.407 e. The molecule has 0 unspecified atom stereocenters. The van der Waals surface area contributed by atoms with Crippen LogP contribution in [0.25, 0.3) is 0 Å². The van der Waals surface area contributed by atoms with E-state index in [1.54, 1.807) is 6.20 Å². The Hall–Kier alpha value is -2.39. The second-order valence-electron chi connectivity index (χ2n) is 8.45. The SMILES string of the molecule is CN1CCC[C@H]1c1cncc(OCCNC(=O)COCCN(C(=O)O)C(C)(C)C)c1. The quantitative estimate of drug-likeness (QED) is 0.557. The van der Waals surface area contributed by atoms with Gasteiger partial charge in [-0.05, 0) is 58.8 Å². The van der Waals surface area contributed by atoms with E-state index in [-0.39, 0.29) is 25.7 Å². The summed E-state index contributed by atoms with van der Waals surface area (Å²) in [5, 5.41) is 11.9. The fourth-order valence-electron chi connectivity index (χ4n) is 3.48. The molecule has 30 heavy (non-hydrogen) atoms. The Kier molecular flexibility index (Phi) is 8.86. The Labute approximate surface area is 178 Å². The van der Waals surface area contributed by atoms with Crippen molar-refractivity contribution in [2.24, 2.45) is 0 Å². The number of rotatable bonds is 10. The number of carbonyl (C=O) groups excluding carboxylic acids is 1. The van der Waals surface area contributed by atoms with Gasteiger partial charge in [0.05, 0.1) is 19.3 Å². The molecule has 1 saturated heterocycles. The van der Waals surface area contributed by atoms with Crippen molar-refractivity contribution in [1.29, 1.82) is 0 Å². The first-order valence-electron chi connectivity index (χ1n) is 10.3. The van der Waals surface area contributed by atoms with Crippen LogP contribution in [-0.2, 0) is 9.53 Å². The van der Waals surface area contributed by atoms with E-state index in [4.69, 9.17) is 9.47 Å². The van der Waals surface area contributed by atoms with E-state index in [9.17, 15) is 14.7 Å². The molecule has 0 aliphatic carbocycles. The maximum absolute atomic E-state index is 11.9. The molecule has 2 rings (SSSR count). The summed E-state index contributed by atoms with van der Waals surface area (Å²) in [5.74, 6) is 0.421. The van der Waals surface area contributed by atoms with Crippen molar-refractivity contribution in [2.75, 3.05) is 46.5 Å². The van der Waals surface area contributed by atoms with Crippen LogP contribution in [0.5, 0.6) is 5.75 Å². The van der Waals surface area contributed by atoms with Crippen LogP contribution < -0.4 is 10.1 Å². The highest BCUT2D eigenvalue weighted by Gasteiger charge is 2.25. The lowest BCUT2D eigenvalue weighted by molar-refractivity contribution is -0.125. The van der Waals surface area contributed by atoms with E-state index in [0.717, 1.165) is 18.5 Å². The fourth-order valence-corrected chi connectivity index (χ4v) is 3.48. The average molecular weight is 423 g/mol. The Balaban J connectivity index is 1.63. The van der Waals surface area contributed by atoms with Crippen LogP contribution in [0.3, 0.4) is 0 Å². The third-order valence-corrected chi connectivity index (χ3v) is 5.07. The first-order valence-corrected chi connectivity index (χ1v) is 10.3. The number of likely N-dealkylation sites (tertiary alicyclic amines) is 1. The van der Waals surface area contributed by atoms with Crippen molar-refractivity contribution in [1.82, 2.24) is 20.1 Å². The van der Waals surface area contributed by atoms with Gasteiger partial charge in [-0.25, -0.2) is 4.79 Å². The monoisotopic (exact) mass is 422 g/mol. The predicted molar refractivity (Wildman–Crippen MR) is 113 cm³/mol. The van der Waals surface area contributed by atoms with E-state index in [0.29, 0.717) is 24.9 Å². The van der Waals surface area contributed by atoms with Crippen molar-refractivity contribution in [3.05, 3.63) is 24.0 Å². The van der Waals surface area contributed by atoms with Crippen molar-refractivity contribution >= 4 is 12.0 Å². The third-order valence-electron chi connectivity index (χ3n) is 5.07. The van der Waals surface area contributed by atoms with Crippen LogP contribution in [0.4, 0.5) is 4.79 Å². The minimum Gasteiger partial charge on any atom is -0.490 e. The minimum absolute atomic E-state index is 0.122. The molecule has 1 atom stereocenters. The summed E-state index contributed by atoms with van der Waals surface area (Å²) in [6, 6.07) is 2.39.